The van der Waals surface area contributed by atoms with Gasteiger partial charge in [-0.1, -0.05) is 17.7 Å². The molecule has 32 heavy (non-hydrogen) atoms. The third-order valence-electron chi connectivity index (χ3n) is 6.86. The average molecular weight is 444 g/mol. The van der Waals surface area contributed by atoms with Gasteiger partial charge in [-0.2, -0.15) is 0 Å². The summed E-state index contributed by atoms with van der Waals surface area (Å²) in [7, 11) is 0. The van der Waals surface area contributed by atoms with Crippen LogP contribution in [0.2, 0.25) is 0 Å². The Hall–Kier alpha value is -2.28. The third-order valence-corrected chi connectivity index (χ3v) is 6.86. The van der Waals surface area contributed by atoms with Crippen LogP contribution in [-0.4, -0.2) is 71.8 Å². The Balaban J connectivity index is 1.30. The number of amides is 3. The lowest BCUT2D eigenvalue weighted by molar-refractivity contribution is -0.149. The lowest BCUT2D eigenvalue weighted by Gasteiger charge is -2.48. The molecule has 1 saturated carbocycles. The molecule has 0 aromatic heterocycles. The van der Waals surface area contributed by atoms with E-state index in [0.717, 1.165) is 49.8 Å². The second-order valence-corrected chi connectivity index (χ2v) is 9.90. The molecule has 1 unspecified atom stereocenters. The number of rotatable bonds is 6. The van der Waals surface area contributed by atoms with Crippen molar-refractivity contribution in [3.63, 3.8) is 0 Å². The second kappa shape index (κ2) is 9.69. The number of aryl methyl sites for hydroxylation is 1. The molecule has 1 N–H and O–H groups in total. The van der Waals surface area contributed by atoms with E-state index < -0.39 is 0 Å². The van der Waals surface area contributed by atoms with Gasteiger partial charge >= 0.3 is 6.03 Å². The van der Waals surface area contributed by atoms with Gasteiger partial charge in [0.05, 0.1) is 5.60 Å². The quantitative estimate of drug-likeness (QED) is 0.731. The first kappa shape index (κ1) is 22.9. The van der Waals surface area contributed by atoms with Gasteiger partial charge < -0.3 is 24.6 Å². The number of likely N-dealkylation sites (tertiary alicyclic amines) is 1. The molecule has 4 rings (SSSR count). The van der Waals surface area contributed by atoms with Gasteiger partial charge in [-0.3, -0.25) is 4.79 Å². The topological polar surface area (TPSA) is 71.1 Å². The number of carbonyl (C=O) groups excluding carboxylic acids is 2. The Morgan fingerprint density at radius 1 is 1.16 bits per heavy atom. The van der Waals surface area contributed by atoms with Crippen molar-refractivity contribution in [3.8, 4) is 5.75 Å². The highest BCUT2D eigenvalue weighted by atomic mass is 16.5. The molecule has 1 aromatic rings. The van der Waals surface area contributed by atoms with E-state index in [2.05, 4.69) is 10.2 Å². The number of piperidine rings is 1. The number of carbonyl (C=O) groups is 2. The van der Waals surface area contributed by atoms with Gasteiger partial charge in [0, 0.05) is 37.8 Å². The van der Waals surface area contributed by atoms with Crippen LogP contribution in [0.1, 0.15) is 57.9 Å². The molecule has 2 aliphatic heterocycles. The largest absolute Gasteiger partial charge is 0.484 e. The normalized spacial score (nSPS) is 22.6. The van der Waals surface area contributed by atoms with Crippen LogP contribution < -0.4 is 10.1 Å². The van der Waals surface area contributed by atoms with Crippen LogP contribution in [0.3, 0.4) is 0 Å². The molecule has 3 fully saturated rings. The van der Waals surface area contributed by atoms with E-state index in [1.807, 2.05) is 49.9 Å². The zero-order chi connectivity index (χ0) is 22.7. The van der Waals surface area contributed by atoms with Gasteiger partial charge in [-0.05, 0) is 71.4 Å². The van der Waals surface area contributed by atoms with Gasteiger partial charge in [0.2, 0.25) is 0 Å². The van der Waals surface area contributed by atoms with Crippen molar-refractivity contribution in [2.45, 2.75) is 83.0 Å². The maximum atomic E-state index is 12.9. The zero-order valence-corrected chi connectivity index (χ0v) is 19.6. The van der Waals surface area contributed by atoms with E-state index in [9.17, 15) is 9.59 Å². The van der Waals surface area contributed by atoms with Gasteiger partial charge in [0.25, 0.3) is 5.91 Å². The van der Waals surface area contributed by atoms with Crippen LogP contribution >= 0.6 is 0 Å². The summed E-state index contributed by atoms with van der Waals surface area (Å²) < 4.78 is 12.0. The molecule has 1 atom stereocenters. The summed E-state index contributed by atoms with van der Waals surface area (Å²) in [5, 5.41) is 3.08. The van der Waals surface area contributed by atoms with Gasteiger partial charge in [-0.15, -0.1) is 0 Å². The van der Waals surface area contributed by atoms with E-state index in [1.54, 1.807) is 0 Å². The number of nitrogens with zero attached hydrogens (tertiary/aromatic N) is 2. The fourth-order valence-corrected chi connectivity index (χ4v) is 4.93. The van der Waals surface area contributed by atoms with E-state index >= 15 is 0 Å². The summed E-state index contributed by atoms with van der Waals surface area (Å²) in [6.07, 6.45) is 5.56. The Kier molecular flexibility index (Phi) is 6.93. The van der Waals surface area contributed by atoms with Crippen molar-refractivity contribution in [1.29, 1.82) is 0 Å². The van der Waals surface area contributed by atoms with Crippen molar-refractivity contribution in [3.05, 3.63) is 29.8 Å². The summed E-state index contributed by atoms with van der Waals surface area (Å²) in [6.45, 7) is 8.11. The minimum absolute atomic E-state index is 0.0173. The van der Waals surface area contributed by atoms with Crippen molar-refractivity contribution >= 4 is 11.9 Å². The number of benzene rings is 1. The predicted octanol–water partition coefficient (Wildman–Crippen LogP) is 3.50. The van der Waals surface area contributed by atoms with Crippen LogP contribution in [0, 0.1) is 6.92 Å². The molecule has 1 spiro atoms. The van der Waals surface area contributed by atoms with Crippen molar-refractivity contribution in [2.75, 3.05) is 26.3 Å². The highest BCUT2D eigenvalue weighted by Gasteiger charge is 2.46. The molecule has 2 saturated heterocycles. The van der Waals surface area contributed by atoms with E-state index in [0.29, 0.717) is 25.7 Å². The predicted molar refractivity (Wildman–Crippen MR) is 123 cm³/mol. The molecule has 3 aliphatic rings. The number of hydrogen-bond donors (Lipinski definition) is 1. The first-order valence-electron chi connectivity index (χ1n) is 12.1. The minimum Gasteiger partial charge on any atom is -0.484 e. The van der Waals surface area contributed by atoms with E-state index in [-0.39, 0.29) is 36.2 Å². The maximum absolute atomic E-state index is 12.9. The Bertz CT molecular complexity index is 798. The standard InChI is InChI=1S/C25H37N3O4/c1-18(2)26-24(30)28(20-6-7-20)21-10-15-32-25(16-21)11-13-27(14-12-25)23(29)17-31-22-8-4-19(3)5-9-22/h4-5,8-9,18,20-21H,6-7,10-17H2,1-3H3,(H,26,30). The summed E-state index contributed by atoms with van der Waals surface area (Å²) in [6, 6.07) is 8.52. The maximum Gasteiger partial charge on any atom is 0.318 e. The molecular formula is C25H37N3O4. The van der Waals surface area contributed by atoms with Gasteiger partial charge in [0.15, 0.2) is 6.61 Å². The summed E-state index contributed by atoms with van der Waals surface area (Å²) in [5.74, 6) is 0.736. The molecule has 1 aliphatic carbocycles. The number of nitrogens with one attached hydrogen (secondary N) is 1. The minimum atomic E-state index is -0.233. The Morgan fingerprint density at radius 3 is 2.47 bits per heavy atom. The number of urea groups is 1. The molecule has 2 heterocycles. The lowest BCUT2D eigenvalue weighted by Crippen LogP contribution is -2.57. The highest BCUT2D eigenvalue weighted by Crippen LogP contribution is 2.40. The van der Waals surface area contributed by atoms with E-state index in [4.69, 9.17) is 9.47 Å². The smallest absolute Gasteiger partial charge is 0.318 e. The molecule has 7 heteroatoms. The molecule has 176 valence electrons. The van der Waals surface area contributed by atoms with Crippen LogP contribution in [0.5, 0.6) is 5.75 Å². The zero-order valence-electron chi connectivity index (χ0n) is 19.6. The molecule has 0 radical (unpaired) electrons. The van der Waals surface area contributed by atoms with Crippen LogP contribution in [0.25, 0.3) is 0 Å². The third kappa shape index (κ3) is 5.55. The summed E-state index contributed by atoms with van der Waals surface area (Å²) in [4.78, 5) is 29.5. The molecular weight excluding hydrogens is 406 g/mol. The van der Waals surface area contributed by atoms with Crippen molar-refractivity contribution in [2.24, 2.45) is 0 Å². The number of ether oxygens (including phenoxy) is 2. The monoisotopic (exact) mass is 443 g/mol. The fraction of sp³-hybridized carbons (Fsp3) is 0.680. The van der Waals surface area contributed by atoms with Gasteiger partial charge in [0.1, 0.15) is 5.75 Å². The fourth-order valence-electron chi connectivity index (χ4n) is 4.93. The first-order valence-corrected chi connectivity index (χ1v) is 12.1. The molecule has 1 aromatic carbocycles. The Labute approximate surface area is 191 Å². The highest BCUT2D eigenvalue weighted by molar-refractivity contribution is 5.78. The van der Waals surface area contributed by atoms with Crippen molar-refractivity contribution in [1.82, 2.24) is 15.1 Å². The Morgan fingerprint density at radius 2 is 1.84 bits per heavy atom. The van der Waals surface area contributed by atoms with Crippen LogP contribution in [0.15, 0.2) is 24.3 Å². The molecule has 0 bridgehead atoms. The lowest BCUT2D eigenvalue weighted by atomic mass is 9.81. The number of hydrogen-bond acceptors (Lipinski definition) is 4. The average Bonchev–Trinajstić information content (AvgIpc) is 3.58. The molecule has 7 nitrogen and oxygen atoms in total. The first-order chi connectivity index (χ1) is 15.3. The van der Waals surface area contributed by atoms with Crippen molar-refractivity contribution < 1.29 is 19.1 Å². The summed E-state index contributed by atoms with van der Waals surface area (Å²) in [5.41, 5.74) is 0.931. The van der Waals surface area contributed by atoms with Gasteiger partial charge in [-0.25, -0.2) is 4.79 Å². The van der Waals surface area contributed by atoms with Crippen LogP contribution in [-0.2, 0) is 9.53 Å². The SMILES string of the molecule is Cc1ccc(OCC(=O)N2CCC3(CC2)CC(N(C(=O)NC(C)C)C2CC2)CCO3)cc1. The van der Waals surface area contributed by atoms with E-state index in [1.165, 1.54) is 0 Å². The molecule has 3 amide bonds. The second-order valence-electron chi connectivity index (χ2n) is 9.90. The summed E-state index contributed by atoms with van der Waals surface area (Å²) >= 11 is 0. The van der Waals surface area contributed by atoms with Crippen LogP contribution in [0.4, 0.5) is 4.79 Å².